The van der Waals surface area contributed by atoms with Crippen LogP contribution in [0.25, 0.3) is 0 Å². The van der Waals surface area contributed by atoms with Gasteiger partial charge in [-0.3, -0.25) is 0 Å². The highest BCUT2D eigenvalue weighted by molar-refractivity contribution is 9.09. The lowest BCUT2D eigenvalue weighted by Crippen LogP contribution is -2.12. The maximum atomic E-state index is 12.1. The van der Waals surface area contributed by atoms with E-state index in [0.29, 0.717) is 5.92 Å². The lowest BCUT2D eigenvalue weighted by molar-refractivity contribution is 0.536. The summed E-state index contributed by atoms with van der Waals surface area (Å²) in [5, 5.41) is 0.936. The van der Waals surface area contributed by atoms with Gasteiger partial charge < -0.3 is 0 Å². The Morgan fingerprint density at radius 3 is 2.21 bits per heavy atom. The highest BCUT2D eigenvalue weighted by Crippen LogP contribution is 2.16. The zero-order chi connectivity index (χ0) is 14.5. The van der Waals surface area contributed by atoms with E-state index >= 15 is 0 Å². The number of rotatable bonds is 7. The van der Waals surface area contributed by atoms with E-state index in [1.807, 2.05) is 26.0 Å². The molecule has 0 N–H and O–H groups in total. The summed E-state index contributed by atoms with van der Waals surface area (Å²) >= 11 is 3.39. The van der Waals surface area contributed by atoms with Gasteiger partial charge in [0.15, 0.2) is 9.84 Å². The van der Waals surface area contributed by atoms with Crippen molar-refractivity contribution < 1.29 is 8.42 Å². The minimum atomic E-state index is -3.00. The highest BCUT2D eigenvalue weighted by Gasteiger charge is 2.14. The summed E-state index contributed by atoms with van der Waals surface area (Å²) in [5.74, 6) is 0.901. The molecule has 0 aromatic heterocycles. The van der Waals surface area contributed by atoms with E-state index in [1.165, 1.54) is 0 Å². The van der Waals surface area contributed by atoms with Crippen LogP contribution >= 0.6 is 15.9 Å². The molecule has 4 heteroatoms. The van der Waals surface area contributed by atoms with E-state index in [9.17, 15) is 8.42 Å². The fourth-order valence-corrected chi connectivity index (χ4v) is 4.55. The normalized spacial score (nSPS) is 13.5. The van der Waals surface area contributed by atoms with E-state index in [2.05, 4.69) is 28.9 Å². The number of hydrogen-bond donors (Lipinski definition) is 0. The molecule has 1 unspecified atom stereocenters. The van der Waals surface area contributed by atoms with Gasteiger partial charge in [-0.05, 0) is 38.2 Å². The van der Waals surface area contributed by atoms with Gasteiger partial charge in [0.2, 0.25) is 0 Å². The lowest BCUT2D eigenvalue weighted by atomic mass is 10.1. The third-order valence-electron chi connectivity index (χ3n) is 3.19. The molecule has 0 aliphatic carbocycles. The van der Waals surface area contributed by atoms with Gasteiger partial charge in [-0.15, -0.1) is 0 Å². The molecule has 0 spiro atoms. The fraction of sp³-hybridized carbons (Fsp3) is 0.600. The quantitative estimate of drug-likeness (QED) is 0.698. The topological polar surface area (TPSA) is 34.1 Å². The van der Waals surface area contributed by atoms with Gasteiger partial charge >= 0.3 is 0 Å². The number of aryl methyl sites for hydroxylation is 2. The summed E-state index contributed by atoms with van der Waals surface area (Å²) in [5.41, 5.74) is 3.15. The second-order valence-corrected chi connectivity index (χ2v) is 8.44. The molecule has 0 aliphatic rings. The van der Waals surface area contributed by atoms with E-state index in [4.69, 9.17) is 0 Å². The number of benzene rings is 1. The maximum absolute atomic E-state index is 12.1. The Bertz CT molecular complexity index is 489. The molecule has 0 fully saturated rings. The van der Waals surface area contributed by atoms with E-state index in [0.717, 1.165) is 34.9 Å². The maximum Gasteiger partial charge on any atom is 0.154 e. The van der Waals surface area contributed by atoms with Crippen LogP contribution in [-0.4, -0.2) is 19.5 Å². The molecule has 0 saturated carbocycles. The summed E-state index contributed by atoms with van der Waals surface area (Å²) in [6, 6.07) is 5.99. The van der Waals surface area contributed by atoms with Crippen molar-refractivity contribution >= 4 is 25.8 Å². The molecular formula is C15H23BrO2S. The van der Waals surface area contributed by atoms with Crippen molar-refractivity contribution in [2.75, 3.05) is 11.1 Å². The lowest BCUT2D eigenvalue weighted by Gasteiger charge is -2.10. The summed E-state index contributed by atoms with van der Waals surface area (Å²) < 4.78 is 24.2. The molecule has 1 aromatic rings. The van der Waals surface area contributed by atoms with Gasteiger partial charge in [0.1, 0.15) is 0 Å². The van der Waals surface area contributed by atoms with Crippen molar-refractivity contribution in [1.82, 2.24) is 0 Å². The van der Waals surface area contributed by atoms with Crippen LogP contribution < -0.4 is 0 Å². The van der Waals surface area contributed by atoms with Crippen LogP contribution in [0.5, 0.6) is 0 Å². The number of alkyl halides is 1. The highest BCUT2D eigenvalue weighted by atomic mass is 79.9. The predicted octanol–water partition coefficient (Wildman–Crippen LogP) is 4.03. The van der Waals surface area contributed by atoms with Crippen molar-refractivity contribution in [3.8, 4) is 0 Å². The van der Waals surface area contributed by atoms with Crippen LogP contribution in [0.15, 0.2) is 18.2 Å². The summed E-state index contributed by atoms with van der Waals surface area (Å²) in [6.07, 6.45) is 1.78. The third kappa shape index (κ3) is 6.57. The van der Waals surface area contributed by atoms with E-state index in [1.54, 1.807) is 0 Å². The van der Waals surface area contributed by atoms with Crippen molar-refractivity contribution in [3.05, 3.63) is 34.9 Å². The van der Waals surface area contributed by atoms with Gasteiger partial charge in [-0.1, -0.05) is 52.2 Å². The van der Waals surface area contributed by atoms with Crippen molar-refractivity contribution in [2.45, 2.75) is 39.4 Å². The van der Waals surface area contributed by atoms with Gasteiger partial charge in [-0.25, -0.2) is 8.42 Å². The minimum absolute atomic E-state index is 0.163. The van der Waals surface area contributed by atoms with E-state index < -0.39 is 9.84 Å². The average molecular weight is 347 g/mol. The van der Waals surface area contributed by atoms with Crippen LogP contribution in [0, 0.1) is 19.8 Å². The molecule has 0 saturated heterocycles. The SMILES string of the molecule is Cc1cc(C)cc(CS(=O)(=O)CCC(C)CCBr)c1. The largest absolute Gasteiger partial charge is 0.228 e. The first-order chi connectivity index (χ1) is 8.82. The predicted molar refractivity (Wildman–Crippen MR) is 85.6 cm³/mol. The van der Waals surface area contributed by atoms with Gasteiger partial charge in [0, 0.05) is 5.33 Å². The molecule has 108 valence electrons. The van der Waals surface area contributed by atoms with Crippen LogP contribution in [0.3, 0.4) is 0 Å². The van der Waals surface area contributed by atoms with Crippen LogP contribution in [0.4, 0.5) is 0 Å². The minimum Gasteiger partial charge on any atom is -0.228 e. The van der Waals surface area contributed by atoms with Gasteiger partial charge in [0.25, 0.3) is 0 Å². The second kappa shape index (κ2) is 7.44. The molecule has 1 atom stereocenters. The third-order valence-corrected chi connectivity index (χ3v) is 5.28. The molecule has 0 amide bonds. The second-order valence-electron chi connectivity index (χ2n) is 5.46. The Morgan fingerprint density at radius 1 is 1.11 bits per heavy atom. The molecule has 1 aromatic carbocycles. The zero-order valence-corrected chi connectivity index (χ0v) is 14.4. The van der Waals surface area contributed by atoms with Crippen molar-refractivity contribution in [3.63, 3.8) is 0 Å². The Hall–Kier alpha value is -0.350. The molecule has 0 heterocycles. The Morgan fingerprint density at radius 2 is 1.68 bits per heavy atom. The molecule has 0 bridgehead atoms. The number of sulfone groups is 1. The van der Waals surface area contributed by atoms with E-state index in [-0.39, 0.29) is 11.5 Å². The fourth-order valence-electron chi connectivity index (χ4n) is 2.19. The standard InChI is InChI=1S/C15H23BrO2S/c1-12(4-6-16)5-7-19(17,18)11-15-9-13(2)8-14(3)10-15/h8-10,12H,4-7,11H2,1-3H3. The molecule has 1 rings (SSSR count). The molecule has 0 radical (unpaired) electrons. The first-order valence-electron chi connectivity index (χ1n) is 6.66. The molecule has 0 aliphatic heterocycles. The first-order valence-corrected chi connectivity index (χ1v) is 9.60. The molecule has 2 nitrogen and oxygen atoms in total. The molecule has 19 heavy (non-hydrogen) atoms. The summed E-state index contributed by atoms with van der Waals surface area (Å²) in [6.45, 7) is 6.11. The van der Waals surface area contributed by atoms with Crippen LogP contribution in [0.2, 0.25) is 0 Å². The Labute approximate surface area is 125 Å². The van der Waals surface area contributed by atoms with Crippen LogP contribution in [0.1, 0.15) is 36.5 Å². The monoisotopic (exact) mass is 346 g/mol. The zero-order valence-electron chi connectivity index (χ0n) is 11.9. The Kier molecular flexibility index (Phi) is 6.54. The number of hydrogen-bond acceptors (Lipinski definition) is 2. The molecular weight excluding hydrogens is 324 g/mol. The Balaban J connectivity index is 2.63. The number of halogens is 1. The summed E-state index contributed by atoms with van der Waals surface area (Å²) in [7, 11) is -3.00. The van der Waals surface area contributed by atoms with Crippen molar-refractivity contribution in [1.29, 1.82) is 0 Å². The van der Waals surface area contributed by atoms with Crippen molar-refractivity contribution in [2.24, 2.45) is 5.92 Å². The van der Waals surface area contributed by atoms with Gasteiger partial charge in [-0.2, -0.15) is 0 Å². The average Bonchev–Trinajstić information content (AvgIpc) is 2.25. The van der Waals surface area contributed by atoms with Crippen LogP contribution in [-0.2, 0) is 15.6 Å². The van der Waals surface area contributed by atoms with Gasteiger partial charge in [0.05, 0.1) is 11.5 Å². The first kappa shape index (κ1) is 16.7. The smallest absolute Gasteiger partial charge is 0.154 e. The summed E-state index contributed by atoms with van der Waals surface area (Å²) in [4.78, 5) is 0.